The summed E-state index contributed by atoms with van der Waals surface area (Å²) in [7, 11) is 0. The monoisotopic (exact) mass is 204 g/mol. The Balaban J connectivity index is 2.61. The van der Waals surface area contributed by atoms with Crippen LogP contribution in [0.15, 0.2) is 48.8 Å². The number of allylic oxidation sites excluding steroid dienone is 6. The predicted molar refractivity (Wildman–Crippen MR) is 61.1 cm³/mol. The maximum atomic E-state index is 11.0. The quantitative estimate of drug-likeness (QED) is 0.509. The summed E-state index contributed by atoms with van der Waals surface area (Å²) in [4.78, 5) is 11.0. The maximum absolute atomic E-state index is 11.0. The van der Waals surface area contributed by atoms with Crippen molar-refractivity contribution in [3.8, 4) is 0 Å². The van der Waals surface area contributed by atoms with Crippen molar-refractivity contribution >= 4 is 5.97 Å². The average Bonchev–Trinajstić information content (AvgIpc) is 2.27. The Morgan fingerprint density at radius 3 is 3.00 bits per heavy atom. The molecule has 0 radical (unpaired) electrons. The number of ether oxygens (including phenoxy) is 1. The Hall–Kier alpha value is -1.57. The van der Waals surface area contributed by atoms with Crippen LogP contribution >= 0.6 is 0 Å². The molecule has 0 aromatic carbocycles. The second kappa shape index (κ2) is 6.82. The minimum absolute atomic E-state index is 0.387. The number of carbonyl (C=O) groups excluding carboxylic acids is 1. The first-order chi connectivity index (χ1) is 7.33. The molecular weight excluding hydrogens is 188 g/mol. The molecule has 0 aromatic heterocycles. The first-order valence-corrected chi connectivity index (χ1v) is 5.19. The summed E-state index contributed by atoms with van der Waals surface area (Å²) < 4.78 is 5.10. The molecule has 0 N–H and O–H groups in total. The van der Waals surface area contributed by atoms with Gasteiger partial charge in [0, 0.05) is 12.5 Å². The third-order valence-electron chi connectivity index (χ3n) is 2.08. The summed E-state index contributed by atoms with van der Waals surface area (Å²) in [6, 6.07) is 0. The molecule has 0 atom stereocenters. The van der Waals surface area contributed by atoms with Crippen LogP contribution in [-0.4, -0.2) is 5.97 Å². The molecule has 0 heterocycles. The van der Waals surface area contributed by atoms with E-state index < -0.39 is 0 Å². The van der Waals surface area contributed by atoms with E-state index in [-0.39, 0.29) is 5.97 Å². The second-order valence-electron chi connectivity index (χ2n) is 3.32. The molecule has 0 saturated heterocycles. The molecule has 0 fully saturated rings. The molecule has 80 valence electrons. The summed E-state index contributed by atoms with van der Waals surface area (Å²) in [6.07, 6.45) is 15.0. The van der Waals surface area contributed by atoms with E-state index >= 15 is 0 Å². The fourth-order valence-electron chi connectivity index (χ4n) is 1.30. The van der Waals surface area contributed by atoms with Crippen LogP contribution in [0.4, 0.5) is 0 Å². The summed E-state index contributed by atoms with van der Waals surface area (Å²) >= 11 is 0. The smallest absolute Gasteiger partial charge is 0.335 e. The minimum atomic E-state index is -0.387. The van der Waals surface area contributed by atoms with E-state index in [2.05, 4.69) is 12.7 Å². The summed E-state index contributed by atoms with van der Waals surface area (Å²) in [6.45, 7) is 3.37. The van der Waals surface area contributed by atoms with Crippen molar-refractivity contribution in [2.45, 2.75) is 25.7 Å². The largest absolute Gasteiger partial charge is 0.428 e. The molecule has 0 bridgehead atoms. The third kappa shape index (κ3) is 5.01. The topological polar surface area (TPSA) is 26.3 Å². The van der Waals surface area contributed by atoms with E-state index in [0.29, 0.717) is 5.76 Å². The Morgan fingerprint density at radius 2 is 2.20 bits per heavy atom. The molecule has 0 aliphatic heterocycles. The summed E-state index contributed by atoms with van der Waals surface area (Å²) in [5, 5.41) is 0. The van der Waals surface area contributed by atoms with Gasteiger partial charge >= 0.3 is 5.97 Å². The van der Waals surface area contributed by atoms with Crippen molar-refractivity contribution in [1.29, 1.82) is 0 Å². The molecule has 0 spiro atoms. The molecule has 1 rings (SSSR count). The first-order valence-electron chi connectivity index (χ1n) is 5.19. The van der Waals surface area contributed by atoms with Gasteiger partial charge in [-0.25, -0.2) is 4.79 Å². The average molecular weight is 204 g/mol. The highest BCUT2D eigenvalue weighted by Gasteiger charge is 2.02. The van der Waals surface area contributed by atoms with E-state index in [1.807, 2.05) is 24.3 Å². The molecule has 2 nitrogen and oxygen atoms in total. The molecule has 2 heteroatoms. The zero-order chi connectivity index (χ0) is 10.9. The summed E-state index contributed by atoms with van der Waals surface area (Å²) in [5.74, 6) is 0.328. The van der Waals surface area contributed by atoms with E-state index in [9.17, 15) is 4.79 Å². The third-order valence-corrected chi connectivity index (χ3v) is 2.08. The van der Waals surface area contributed by atoms with E-state index in [1.165, 1.54) is 6.08 Å². The number of rotatable bonds is 2. The van der Waals surface area contributed by atoms with Gasteiger partial charge in [0.05, 0.1) is 0 Å². The zero-order valence-electron chi connectivity index (χ0n) is 8.82. The SMILES string of the molecule is C=CC(=O)O\C1=C/C=C/C=C/CCCC1. The van der Waals surface area contributed by atoms with Gasteiger partial charge in [-0.3, -0.25) is 0 Å². The van der Waals surface area contributed by atoms with Crippen molar-refractivity contribution in [3.05, 3.63) is 48.8 Å². The van der Waals surface area contributed by atoms with Crippen LogP contribution in [0.1, 0.15) is 25.7 Å². The van der Waals surface area contributed by atoms with Gasteiger partial charge < -0.3 is 4.74 Å². The lowest BCUT2D eigenvalue weighted by molar-refractivity contribution is -0.134. The van der Waals surface area contributed by atoms with Gasteiger partial charge in [-0.15, -0.1) is 0 Å². The Kier molecular flexibility index (Phi) is 5.23. The lowest BCUT2D eigenvalue weighted by Crippen LogP contribution is -2.00. The van der Waals surface area contributed by atoms with E-state index in [4.69, 9.17) is 4.74 Å². The Morgan fingerprint density at radius 1 is 1.33 bits per heavy atom. The normalized spacial score (nSPS) is 24.4. The van der Waals surface area contributed by atoms with Crippen molar-refractivity contribution in [1.82, 2.24) is 0 Å². The predicted octanol–water partition coefficient (Wildman–Crippen LogP) is 3.29. The molecular formula is C13H16O2. The van der Waals surface area contributed by atoms with Crippen LogP contribution in [0.2, 0.25) is 0 Å². The molecule has 1 aliphatic carbocycles. The van der Waals surface area contributed by atoms with E-state index in [1.54, 1.807) is 0 Å². The minimum Gasteiger partial charge on any atom is -0.428 e. The zero-order valence-corrected chi connectivity index (χ0v) is 8.82. The number of esters is 1. The Bertz CT molecular complexity index is 308. The lowest BCUT2D eigenvalue weighted by Gasteiger charge is -2.06. The number of hydrogen-bond acceptors (Lipinski definition) is 2. The second-order valence-corrected chi connectivity index (χ2v) is 3.32. The van der Waals surface area contributed by atoms with Crippen LogP contribution < -0.4 is 0 Å². The highest BCUT2D eigenvalue weighted by molar-refractivity contribution is 5.82. The van der Waals surface area contributed by atoms with Crippen LogP contribution in [-0.2, 0) is 9.53 Å². The standard InChI is InChI=1S/C13H16O2/c1-2-13(14)15-12-10-8-6-4-3-5-7-9-11-12/h2-4,6,8,10H,1,5,7,9,11H2/b4-3+,8-6+,12-10-. The Labute approximate surface area is 90.6 Å². The van der Waals surface area contributed by atoms with Crippen molar-refractivity contribution in [3.63, 3.8) is 0 Å². The first kappa shape index (κ1) is 11.5. The molecule has 15 heavy (non-hydrogen) atoms. The van der Waals surface area contributed by atoms with Gasteiger partial charge in [0.25, 0.3) is 0 Å². The van der Waals surface area contributed by atoms with Crippen LogP contribution in [0.25, 0.3) is 0 Å². The molecule has 0 amide bonds. The van der Waals surface area contributed by atoms with E-state index in [0.717, 1.165) is 25.7 Å². The van der Waals surface area contributed by atoms with Crippen molar-refractivity contribution in [2.75, 3.05) is 0 Å². The number of hydrogen-bond donors (Lipinski definition) is 0. The van der Waals surface area contributed by atoms with Crippen LogP contribution in [0.3, 0.4) is 0 Å². The highest BCUT2D eigenvalue weighted by atomic mass is 16.5. The highest BCUT2D eigenvalue weighted by Crippen LogP contribution is 2.12. The summed E-state index contributed by atoms with van der Waals surface area (Å²) in [5.41, 5.74) is 0. The van der Waals surface area contributed by atoms with Gasteiger partial charge in [0.15, 0.2) is 0 Å². The van der Waals surface area contributed by atoms with Crippen molar-refractivity contribution in [2.24, 2.45) is 0 Å². The molecule has 0 aromatic rings. The molecule has 0 saturated carbocycles. The fourth-order valence-corrected chi connectivity index (χ4v) is 1.30. The van der Waals surface area contributed by atoms with Crippen LogP contribution in [0.5, 0.6) is 0 Å². The van der Waals surface area contributed by atoms with Crippen LogP contribution in [0, 0.1) is 0 Å². The fraction of sp³-hybridized carbons (Fsp3) is 0.308. The van der Waals surface area contributed by atoms with Gasteiger partial charge in [0.1, 0.15) is 5.76 Å². The van der Waals surface area contributed by atoms with Gasteiger partial charge in [-0.1, -0.05) is 30.9 Å². The van der Waals surface area contributed by atoms with Crippen molar-refractivity contribution < 1.29 is 9.53 Å². The number of carbonyl (C=O) groups is 1. The van der Waals surface area contributed by atoms with Gasteiger partial charge in [-0.2, -0.15) is 0 Å². The molecule has 1 aliphatic rings. The van der Waals surface area contributed by atoms with Gasteiger partial charge in [0.2, 0.25) is 0 Å². The van der Waals surface area contributed by atoms with Gasteiger partial charge in [-0.05, 0) is 25.3 Å². The maximum Gasteiger partial charge on any atom is 0.335 e. The lowest BCUT2D eigenvalue weighted by atomic mass is 10.1. The molecule has 0 unspecified atom stereocenters.